The van der Waals surface area contributed by atoms with Gasteiger partial charge >= 0.3 is 5.97 Å². The van der Waals surface area contributed by atoms with Gasteiger partial charge in [-0.05, 0) is 25.0 Å². The number of rotatable bonds is 9. The lowest BCUT2D eigenvalue weighted by molar-refractivity contribution is -0.139. The first-order valence-electron chi connectivity index (χ1n) is 7.32. The van der Waals surface area contributed by atoms with Crippen LogP contribution in [-0.2, 0) is 9.59 Å². The highest BCUT2D eigenvalue weighted by Crippen LogP contribution is 2.20. The summed E-state index contributed by atoms with van der Waals surface area (Å²) in [4.78, 5) is 22.7. The molecule has 0 fully saturated rings. The summed E-state index contributed by atoms with van der Waals surface area (Å²) in [5.74, 6) is -0.596. The summed E-state index contributed by atoms with van der Waals surface area (Å²) in [5, 5.41) is 11.4. The molecule has 0 bridgehead atoms. The van der Waals surface area contributed by atoms with Gasteiger partial charge in [-0.1, -0.05) is 32.8 Å². The summed E-state index contributed by atoms with van der Waals surface area (Å²) in [6.45, 7) is 3.71. The Hall–Kier alpha value is -2.04. The first-order valence-corrected chi connectivity index (χ1v) is 7.32. The lowest BCUT2D eigenvalue weighted by Crippen LogP contribution is -2.22. The average Bonchev–Trinajstić information content (AvgIpc) is 2.46. The molecular weight excluding hydrogens is 270 g/mol. The maximum atomic E-state index is 12.2. The van der Waals surface area contributed by atoms with E-state index in [9.17, 15) is 9.59 Å². The molecule has 0 spiro atoms. The van der Waals surface area contributed by atoms with Gasteiger partial charge in [-0.3, -0.25) is 4.79 Å². The first kappa shape index (κ1) is 17.0. The number of ether oxygens (including phenoxy) is 1. The zero-order valence-electron chi connectivity index (χ0n) is 12.6. The van der Waals surface area contributed by atoms with Crippen LogP contribution < -0.4 is 10.1 Å². The molecule has 0 aliphatic heterocycles. The van der Waals surface area contributed by atoms with Crippen LogP contribution in [0.1, 0.15) is 39.5 Å². The van der Waals surface area contributed by atoms with Crippen molar-refractivity contribution in [3.8, 4) is 5.75 Å². The van der Waals surface area contributed by atoms with Crippen molar-refractivity contribution >= 4 is 17.6 Å². The summed E-state index contributed by atoms with van der Waals surface area (Å²) in [7, 11) is 0. The second kappa shape index (κ2) is 9.00. The molecule has 0 radical (unpaired) electrons. The number of carbonyl (C=O) groups is 2. The number of carboxylic acid groups (broad SMARTS) is 1. The Labute approximate surface area is 125 Å². The smallest absolute Gasteiger partial charge is 0.341 e. The maximum Gasteiger partial charge on any atom is 0.341 e. The Balaban J connectivity index is 2.62. The van der Waals surface area contributed by atoms with Crippen molar-refractivity contribution in [3.63, 3.8) is 0 Å². The van der Waals surface area contributed by atoms with Gasteiger partial charge in [-0.2, -0.15) is 0 Å². The van der Waals surface area contributed by atoms with Crippen molar-refractivity contribution in [1.29, 1.82) is 0 Å². The van der Waals surface area contributed by atoms with E-state index in [1.165, 1.54) is 0 Å². The second-order valence-electron chi connectivity index (χ2n) is 4.95. The third-order valence-electron chi connectivity index (χ3n) is 3.23. The number of unbranched alkanes of at least 4 members (excludes halogenated alkanes) is 1. The van der Waals surface area contributed by atoms with E-state index in [-0.39, 0.29) is 11.8 Å². The van der Waals surface area contributed by atoms with Gasteiger partial charge in [0.1, 0.15) is 5.75 Å². The van der Waals surface area contributed by atoms with Crippen LogP contribution in [0.2, 0.25) is 0 Å². The van der Waals surface area contributed by atoms with Gasteiger partial charge in [0.15, 0.2) is 6.61 Å². The van der Waals surface area contributed by atoms with E-state index in [0.29, 0.717) is 11.4 Å². The van der Waals surface area contributed by atoms with Gasteiger partial charge in [0.2, 0.25) is 5.91 Å². The highest BCUT2D eigenvalue weighted by atomic mass is 16.5. The minimum Gasteiger partial charge on any atom is -0.482 e. The molecule has 2 N–H and O–H groups in total. The van der Waals surface area contributed by atoms with E-state index < -0.39 is 12.6 Å². The van der Waals surface area contributed by atoms with E-state index in [2.05, 4.69) is 12.2 Å². The summed E-state index contributed by atoms with van der Waals surface area (Å²) in [6, 6.07) is 6.78. The van der Waals surface area contributed by atoms with Crippen LogP contribution in [-0.4, -0.2) is 23.6 Å². The SMILES string of the molecule is CCCCC(CC)C(=O)Nc1cccc(OCC(=O)O)c1. The quantitative estimate of drug-likeness (QED) is 0.732. The number of hydrogen-bond donors (Lipinski definition) is 2. The van der Waals surface area contributed by atoms with E-state index in [1.807, 2.05) is 6.92 Å². The number of anilines is 1. The molecule has 1 atom stereocenters. The molecule has 0 saturated heterocycles. The van der Waals surface area contributed by atoms with Gasteiger partial charge < -0.3 is 15.2 Å². The molecule has 0 heterocycles. The molecule has 1 amide bonds. The van der Waals surface area contributed by atoms with Gasteiger partial charge in [0.25, 0.3) is 0 Å². The molecule has 0 aliphatic rings. The lowest BCUT2D eigenvalue weighted by atomic mass is 9.98. The standard InChI is InChI=1S/C16H23NO4/c1-3-5-7-12(4-2)16(20)17-13-8-6-9-14(10-13)21-11-15(18)19/h6,8-10,12H,3-5,7,11H2,1-2H3,(H,17,20)(H,18,19). The Morgan fingerprint density at radius 3 is 2.71 bits per heavy atom. The summed E-state index contributed by atoms with van der Waals surface area (Å²) in [6.07, 6.45) is 3.80. The fourth-order valence-corrected chi connectivity index (χ4v) is 2.02. The fourth-order valence-electron chi connectivity index (χ4n) is 2.02. The van der Waals surface area contributed by atoms with Crippen molar-refractivity contribution in [2.24, 2.45) is 5.92 Å². The zero-order chi connectivity index (χ0) is 15.7. The third kappa shape index (κ3) is 6.29. The van der Waals surface area contributed by atoms with E-state index in [4.69, 9.17) is 9.84 Å². The highest BCUT2D eigenvalue weighted by Gasteiger charge is 2.16. The normalized spacial score (nSPS) is 11.7. The Bertz CT molecular complexity index is 473. The lowest BCUT2D eigenvalue weighted by Gasteiger charge is -2.15. The Morgan fingerprint density at radius 2 is 2.10 bits per heavy atom. The summed E-state index contributed by atoms with van der Waals surface area (Å²) >= 11 is 0. The monoisotopic (exact) mass is 293 g/mol. The van der Waals surface area contributed by atoms with Crippen molar-refractivity contribution in [2.75, 3.05) is 11.9 Å². The molecule has 1 aromatic rings. The highest BCUT2D eigenvalue weighted by molar-refractivity contribution is 5.92. The third-order valence-corrected chi connectivity index (χ3v) is 3.23. The van der Waals surface area contributed by atoms with Crippen molar-refractivity contribution < 1.29 is 19.4 Å². The average molecular weight is 293 g/mol. The van der Waals surface area contributed by atoms with E-state index >= 15 is 0 Å². The Morgan fingerprint density at radius 1 is 1.33 bits per heavy atom. The van der Waals surface area contributed by atoms with Crippen molar-refractivity contribution in [2.45, 2.75) is 39.5 Å². The molecule has 5 nitrogen and oxygen atoms in total. The van der Waals surface area contributed by atoms with Crippen LogP contribution in [0, 0.1) is 5.92 Å². The number of carboxylic acids is 1. The maximum absolute atomic E-state index is 12.2. The molecule has 1 rings (SSSR count). The van der Waals surface area contributed by atoms with Gasteiger partial charge in [0.05, 0.1) is 0 Å². The fraction of sp³-hybridized carbons (Fsp3) is 0.500. The van der Waals surface area contributed by atoms with Crippen molar-refractivity contribution in [1.82, 2.24) is 0 Å². The van der Waals surface area contributed by atoms with E-state index in [1.54, 1.807) is 24.3 Å². The zero-order valence-corrected chi connectivity index (χ0v) is 12.6. The van der Waals surface area contributed by atoms with Crippen LogP contribution in [0.4, 0.5) is 5.69 Å². The van der Waals surface area contributed by atoms with Gasteiger partial charge in [-0.25, -0.2) is 4.79 Å². The molecule has 1 unspecified atom stereocenters. The predicted octanol–water partition coefficient (Wildman–Crippen LogP) is 3.30. The van der Waals surface area contributed by atoms with Gasteiger partial charge in [-0.15, -0.1) is 0 Å². The minimum absolute atomic E-state index is 0.00124. The van der Waals surface area contributed by atoms with Gasteiger partial charge in [0, 0.05) is 17.7 Å². The summed E-state index contributed by atoms with van der Waals surface area (Å²) in [5.41, 5.74) is 0.623. The number of amides is 1. The number of nitrogens with one attached hydrogen (secondary N) is 1. The largest absolute Gasteiger partial charge is 0.482 e. The molecule has 116 valence electrons. The first-order chi connectivity index (χ1) is 10.1. The van der Waals surface area contributed by atoms with Crippen LogP contribution in [0.25, 0.3) is 0 Å². The molecule has 0 aromatic heterocycles. The topological polar surface area (TPSA) is 75.6 Å². The van der Waals surface area contributed by atoms with Crippen LogP contribution in [0.3, 0.4) is 0 Å². The Kier molecular flexibility index (Phi) is 7.29. The van der Waals surface area contributed by atoms with Crippen molar-refractivity contribution in [3.05, 3.63) is 24.3 Å². The molecule has 21 heavy (non-hydrogen) atoms. The predicted molar refractivity (Wildman–Crippen MR) is 81.5 cm³/mol. The molecular formula is C16H23NO4. The number of hydrogen-bond acceptors (Lipinski definition) is 3. The van der Waals surface area contributed by atoms with Crippen LogP contribution in [0.15, 0.2) is 24.3 Å². The number of aliphatic carboxylic acids is 1. The van der Waals surface area contributed by atoms with Crippen LogP contribution >= 0.6 is 0 Å². The summed E-state index contributed by atoms with van der Waals surface area (Å²) < 4.78 is 5.09. The minimum atomic E-state index is -1.03. The number of carbonyl (C=O) groups excluding carboxylic acids is 1. The number of benzene rings is 1. The van der Waals surface area contributed by atoms with E-state index in [0.717, 1.165) is 25.7 Å². The molecule has 0 saturated carbocycles. The molecule has 0 aliphatic carbocycles. The second-order valence-corrected chi connectivity index (χ2v) is 4.95. The van der Waals surface area contributed by atoms with Crippen LogP contribution in [0.5, 0.6) is 5.75 Å². The molecule has 5 heteroatoms. The molecule has 1 aromatic carbocycles.